The average Bonchev–Trinajstić information content (AvgIpc) is 2.47. The molecule has 1 aliphatic heterocycles. The van der Waals surface area contributed by atoms with E-state index in [4.69, 9.17) is 4.74 Å². The van der Waals surface area contributed by atoms with Gasteiger partial charge in [0.25, 0.3) is 0 Å². The molecule has 118 valence electrons. The molecule has 1 aromatic carbocycles. The third kappa shape index (κ3) is 3.39. The Hall–Kier alpha value is -1.11. The second-order valence-corrected chi connectivity index (χ2v) is 7.60. The summed E-state index contributed by atoms with van der Waals surface area (Å²) in [5.41, 5.74) is 0.932. The summed E-state index contributed by atoms with van der Waals surface area (Å²) in [5.74, 6) is 0.608. The lowest BCUT2D eigenvalue weighted by molar-refractivity contribution is 0.154. The van der Waals surface area contributed by atoms with Crippen LogP contribution in [0.3, 0.4) is 0 Å². The molecular weight excluding hydrogens is 288 g/mol. The van der Waals surface area contributed by atoms with Crippen molar-refractivity contribution >= 4 is 10.0 Å². The maximum absolute atomic E-state index is 12.7. The summed E-state index contributed by atoms with van der Waals surface area (Å²) in [4.78, 5) is 2.60. The predicted molar refractivity (Wildman–Crippen MR) is 83.2 cm³/mol. The fraction of sp³-hybridized carbons (Fsp3) is 0.600. The Morgan fingerprint density at radius 3 is 2.29 bits per heavy atom. The second-order valence-electron chi connectivity index (χ2n) is 5.67. The number of piperazine rings is 1. The predicted octanol–water partition coefficient (Wildman–Crippen LogP) is 1.72. The van der Waals surface area contributed by atoms with E-state index in [0.29, 0.717) is 29.8 Å². The molecule has 2 rings (SSSR count). The minimum Gasteiger partial charge on any atom is -0.496 e. The molecule has 0 amide bonds. The van der Waals surface area contributed by atoms with Crippen LogP contribution in [0.1, 0.15) is 19.4 Å². The van der Waals surface area contributed by atoms with Gasteiger partial charge in [-0.05, 0) is 32.4 Å². The number of nitrogens with zero attached hydrogens (tertiary/aromatic N) is 2. The molecule has 21 heavy (non-hydrogen) atoms. The summed E-state index contributed by atoms with van der Waals surface area (Å²) in [6, 6.07) is 5.51. The molecule has 1 fully saturated rings. The monoisotopic (exact) mass is 312 g/mol. The smallest absolute Gasteiger partial charge is 0.243 e. The van der Waals surface area contributed by atoms with Crippen molar-refractivity contribution < 1.29 is 13.2 Å². The molecule has 0 bridgehead atoms. The third-order valence-electron chi connectivity index (χ3n) is 4.02. The molecular formula is C15H24N2O3S. The van der Waals surface area contributed by atoms with E-state index >= 15 is 0 Å². The number of sulfonamides is 1. The number of ether oxygens (including phenoxy) is 1. The zero-order valence-electron chi connectivity index (χ0n) is 13.2. The van der Waals surface area contributed by atoms with Gasteiger partial charge in [-0.3, -0.25) is 4.90 Å². The Morgan fingerprint density at radius 2 is 1.76 bits per heavy atom. The first kappa shape index (κ1) is 16.3. The van der Waals surface area contributed by atoms with E-state index in [2.05, 4.69) is 18.7 Å². The first-order chi connectivity index (χ1) is 9.86. The van der Waals surface area contributed by atoms with Crippen molar-refractivity contribution in [1.82, 2.24) is 9.21 Å². The van der Waals surface area contributed by atoms with Crippen LogP contribution in [-0.4, -0.2) is 57.0 Å². The number of rotatable bonds is 4. The molecule has 1 heterocycles. The van der Waals surface area contributed by atoms with Gasteiger partial charge in [0.05, 0.1) is 12.0 Å². The Balaban J connectivity index is 2.19. The van der Waals surface area contributed by atoms with Crippen molar-refractivity contribution in [3.63, 3.8) is 0 Å². The van der Waals surface area contributed by atoms with Crippen molar-refractivity contribution in [2.45, 2.75) is 31.7 Å². The zero-order valence-corrected chi connectivity index (χ0v) is 14.0. The molecule has 1 saturated heterocycles. The molecule has 0 spiro atoms. The van der Waals surface area contributed by atoms with Gasteiger partial charge < -0.3 is 4.74 Å². The van der Waals surface area contributed by atoms with Crippen molar-refractivity contribution in [3.05, 3.63) is 23.8 Å². The fourth-order valence-electron chi connectivity index (χ4n) is 2.57. The maximum Gasteiger partial charge on any atom is 0.243 e. The Labute approximate surface area is 127 Å². The highest BCUT2D eigenvalue weighted by Crippen LogP contribution is 2.25. The molecule has 1 aromatic rings. The Morgan fingerprint density at radius 1 is 1.14 bits per heavy atom. The van der Waals surface area contributed by atoms with Crippen molar-refractivity contribution in [3.8, 4) is 5.75 Å². The van der Waals surface area contributed by atoms with E-state index in [0.717, 1.165) is 18.7 Å². The summed E-state index contributed by atoms with van der Waals surface area (Å²) in [5, 5.41) is 0. The summed E-state index contributed by atoms with van der Waals surface area (Å²) in [7, 11) is -1.88. The number of hydrogen-bond donors (Lipinski definition) is 0. The van der Waals surface area contributed by atoms with E-state index in [-0.39, 0.29) is 0 Å². The zero-order chi connectivity index (χ0) is 15.6. The van der Waals surface area contributed by atoms with Gasteiger partial charge in [-0.25, -0.2) is 8.42 Å². The van der Waals surface area contributed by atoms with E-state index in [9.17, 15) is 8.42 Å². The standard InChI is InChI=1S/C15H24N2O3S/c1-12(2)16-7-9-17(10-8-16)21(18,19)14-6-5-13(3)15(11-14)20-4/h5-6,11-12H,7-10H2,1-4H3. The van der Waals surface area contributed by atoms with Crippen LogP contribution < -0.4 is 4.74 Å². The largest absolute Gasteiger partial charge is 0.496 e. The van der Waals surface area contributed by atoms with Gasteiger partial charge >= 0.3 is 0 Å². The molecule has 1 aliphatic rings. The summed E-state index contributed by atoms with van der Waals surface area (Å²) < 4.78 is 32.2. The normalized spacial score (nSPS) is 18.1. The lowest BCUT2D eigenvalue weighted by Gasteiger charge is -2.36. The van der Waals surface area contributed by atoms with Gasteiger partial charge in [0.15, 0.2) is 0 Å². The van der Waals surface area contributed by atoms with Crippen LogP contribution in [0.4, 0.5) is 0 Å². The summed E-state index contributed by atoms with van der Waals surface area (Å²) >= 11 is 0. The van der Waals surface area contributed by atoms with Crippen LogP contribution in [0.5, 0.6) is 5.75 Å². The van der Waals surface area contributed by atoms with Crippen molar-refractivity contribution in [1.29, 1.82) is 0 Å². The highest BCUT2D eigenvalue weighted by atomic mass is 32.2. The van der Waals surface area contributed by atoms with Crippen LogP contribution in [0.2, 0.25) is 0 Å². The Kier molecular flexibility index (Phi) is 4.91. The number of methoxy groups -OCH3 is 1. The topological polar surface area (TPSA) is 49.9 Å². The third-order valence-corrected chi connectivity index (χ3v) is 5.92. The van der Waals surface area contributed by atoms with E-state index < -0.39 is 10.0 Å². The first-order valence-corrected chi connectivity index (χ1v) is 8.69. The van der Waals surface area contributed by atoms with Gasteiger partial charge in [-0.1, -0.05) is 6.07 Å². The van der Waals surface area contributed by atoms with Crippen LogP contribution >= 0.6 is 0 Å². The molecule has 0 aliphatic carbocycles. The van der Waals surface area contributed by atoms with E-state index in [1.54, 1.807) is 29.6 Å². The molecule has 5 nitrogen and oxygen atoms in total. The highest BCUT2D eigenvalue weighted by Gasteiger charge is 2.29. The quantitative estimate of drug-likeness (QED) is 0.849. The average molecular weight is 312 g/mol. The lowest BCUT2D eigenvalue weighted by Crippen LogP contribution is -2.50. The van der Waals surface area contributed by atoms with Gasteiger partial charge in [-0.15, -0.1) is 0 Å². The highest BCUT2D eigenvalue weighted by molar-refractivity contribution is 7.89. The molecule has 0 N–H and O–H groups in total. The molecule has 0 aromatic heterocycles. The van der Waals surface area contributed by atoms with Gasteiger partial charge in [0, 0.05) is 38.3 Å². The van der Waals surface area contributed by atoms with E-state index in [1.165, 1.54) is 0 Å². The fourth-order valence-corrected chi connectivity index (χ4v) is 4.01. The molecule has 0 atom stereocenters. The second kappa shape index (κ2) is 6.34. The van der Waals surface area contributed by atoms with Crippen molar-refractivity contribution in [2.75, 3.05) is 33.3 Å². The minimum atomic E-state index is -3.43. The number of benzene rings is 1. The number of aryl methyl sites for hydroxylation is 1. The molecule has 6 heteroatoms. The molecule has 0 unspecified atom stereocenters. The molecule has 0 radical (unpaired) electrons. The maximum atomic E-state index is 12.7. The minimum absolute atomic E-state index is 0.308. The van der Waals surface area contributed by atoms with E-state index in [1.807, 2.05) is 6.92 Å². The van der Waals surface area contributed by atoms with Crippen LogP contribution in [-0.2, 0) is 10.0 Å². The van der Waals surface area contributed by atoms with Crippen LogP contribution in [0.15, 0.2) is 23.1 Å². The number of hydrogen-bond acceptors (Lipinski definition) is 4. The molecule has 0 saturated carbocycles. The lowest BCUT2D eigenvalue weighted by atomic mass is 10.2. The van der Waals surface area contributed by atoms with Gasteiger partial charge in [0.2, 0.25) is 10.0 Å². The van der Waals surface area contributed by atoms with Gasteiger partial charge in [0.1, 0.15) is 5.75 Å². The summed E-state index contributed by atoms with van der Waals surface area (Å²) in [6.45, 7) is 8.80. The van der Waals surface area contributed by atoms with Crippen LogP contribution in [0, 0.1) is 6.92 Å². The van der Waals surface area contributed by atoms with Gasteiger partial charge in [-0.2, -0.15) is 4.31 Å². The van der Waals surface area contributed by atoms with Crippen LogP contribution in [0.25, 0.3) is 0 Å². The SMILES string of the molecule is COc1cc(S(=O)(=O)N2CCN(C(C)C)CC2)ccc1C. The first-order valence-electron chi connectivity index (χ1n) is 7.25. The summed E-state index contributed by atoms with van der Waals surface area (Å²) in [6.07, 6.45) is 0. The van der Waals surface area contributed by atoms with Crippen molar-refractivity contribution in [2.24, 2.45) is 0 Å². The Bertz CT molecular complexity index is 591.